The number of carbonyl (C=O) groups is 2. The molecular formula is C9H18N2O2. The van der Waals surface area contributed by atoms with Crippen LogP contribution in [0, 0.1) is 5.92 Å². The van der Waals surface area contributed by atoms with Gasteiger partial charge in [0.2, 0.25) is 0 Å². The van der Waals surface area contributed by atoms with E-state index in [4.69, 9.17) is 0 Å². The fourth-order valence-electron chi connectivity index (χ4n) is 1.52. The lowest BCUT2D eigenvalue weighted by molar-refractivity contribution is -0.122. The lowest BCUT2D eigenvalue weighted by Gasteiger charge is -2.22. The number of nitrogens with one attached hydrogen (secondary N) is 1. The molecule has 0 aliphatic carbocycles. The predicted octanol–water partition coefficient (Wildman–Crippen LogP) is 1.22. The van der Waals surface area contributed by atoms with Crippen LogP contribution in [0.3, 0.4) is 0 Å². The molecular weight excluding hydrogens is 168 g/mol. The third-order valence-corrected chi connectivity index (χ3v) is 2.07. The summed E-state index contributed by atoms with van der Waals surface area (Å²) >= 11 is 0. The Morgan fingerprint density at radius 2 is 2.00 bits per heavy atom. The number of amides is 3. The Labute approximate surface area is 79.3 Å². The van der Waals surface area contributed by atoms with Gasteiger partial charge in [0, 0.05) is 6.54 Å². The monoisotopic (exact) mass is 186 g/mol. The zero-order valence-corrected chi connectivity index (χ0v) is 7.63. The minimum absolute atomic E-state index is 0. The van der Waals surface area contributed by atoms with Crippen molar-refractivity contribution in [2.75, 3.05) is 6.54 Å². The van der Waals surface area contributed by atoms with Crippen molar-refractivity contribution in [3.63, 3.8) is 0 Å². The Kier molecular flexibility index (Phi) is 3.91. The highest BCUT2D eigenvalue weighted by Crippen LogP contribution is 2.15. The fourth-order valence-corrected chi connectivity index (χ4v) is 1.52. The van der Waals surface area contributed by atoms with Gasteiger partial charge in [0.15, 0.2) is 0 Å². The topological polar surface area (TPSA) is 49.4 Å². The van der Waals surface area contributed by atoms with Crippen molar-refractivity contribution in [3.8, 4) is 0 Å². The molecule has 1 N–H and O–H groups in total. The van der Waals surface area contributed by atoms with E-state index in [9.17, 15) is 9.59 Å². The average Bonchev–Trinajstić information content (AvgIpc) is 2.24. The number of likely N-dealkylation sites (N-methyl/N-ethyl adjacent to an activating group) is 1. The fraction of sp³-hybridized carbons (Fsp3) is 0.778. The second-order valence-electron chi connectivity index (χ2n) is 3.27. The molecule has 0 aromatic rings. The SMILES string of the molecule is C.CCN1C(=O)NC(=O)C1C(C)C. The van der Waals surface area contributed by atoms with Crippen LogP contribution in [-0.2, 0) is 4.79 Å². The summed E-state index contributed by atoms with van der Waals surface area (Å²) in [5.41, 5.74) is 0. The smallest absolute Gasteiger partial charge is 0.312 e. The third-order valence-electron chi connectivity index (χ3n) is 2.07. The summed E-state index contributed by atoms with van der Waals surface area (Å²) in [5, 5.41) is 2.30. The molecule has 1 saturated heterocycles. The highest BCUT2D eigenvalue weighted by atomic mass is 16.2. The van der Waals surface area contributed by atoms with Crippen LogP contribution in [0.25, 0.3) is 0 Å². The van der Waals surface area contributed by atoms with E-state index in [2.05, 4.69) is 5.32 Å². The van der Waals surface area contributed by atoms with Crippen molar-refractivity contribution in [2.24, 2.45) is 5.92 Å². The standard InChI is InChI=1S/C8H14N2O2.CH4/c1-4-10-6(5(2)3)7(11)9-8(10)12;/h5-6H,4H2,1-3H3,(H,9,11,12);1H4. The minimum Gasteiger partial charge on any atom is -0.312 e. The van der Waals surface area contributed by atoms with Crippen molar-refractivity contribution in [1.82, 2.24) is 10.2 Å². The van der Waals surface area contributed by atoms with Crippen LogP contribution in [0.1, 0.15) is 28.2 Å². The second kappa shape index (κ2) is 4.25. The number of hydrogen-bond acceptors (Lipinski definition) is 2. The molecule has 1 aliphatic heterocycles. The van der Waals surface area contributed by atoms with Gasteiger partial charge in [-0.2, -0.15) is 0 Å². The highest BCUT2D eigenvalue weighted by molar-refractivity contribution is 6.04. The number of nitrogens with zero attached hydrogens (tertiary/aromatic N) is 1. The van der Waals surface area contributed by atoms with Gasteiger partial charge in [-0.3, -0.25) is 10.1 Å². The van der Waals surface area contributed by atoms with Gasteiger partial charge in [-0.1, -0.05) is 21.3 Å². The van der Waals surface area contributed by atoms with E-state index in [1.165, 1.54) is 0 Å². The quantitative estimate of drug-likeness (QED) is 0.659. The van der Waals surface area contributed by atoms with E-state index in [0.717, 1.165) is 0 Å². The molecule has 4 heteroatoms. The van der Waals surface area contributed by atoms with Crippen LogP contribution in [0.15, 0.2) is 0 Å². The molecule has 1 fully saturated rings. The normalized spacial score (nSPS) is 21.8. The Hall–Kier alpha value is -1.06. The van der Waals surface area contributed by atoms with Crippen LogP contribution in [0.4, 0.5) is 4.79 Å². The maximum absolute atomic E-state index is 11.2. The molecule has 1 rings (SSSR count). The van der Waals surface area contributed by atoms with Gasteiger partial charge >= 0.3 is 6.03 Å². The Morgan fingerprint density at radius 1 is 1.46 bits per heavy atom. The predicted molar refractivity (Wildman–Crippen MR) is 51.3 cm³/mol. The first-order chi connectivity index (χ1) is 5.57. The molecule has 13 heavy (non-hydrogen) atoms. The summed E-state index contributed by atoms with van der Waals surface area (Å²) in [6.45, 7) is 6.32. The summed E-state index contributed by atoms with van der Waals surface area (Å²) in [4.78, 5) is 23.9. The lowest BCUT2D eigenvalue weighted by Crippen LogP contribution is -2.38. The largest absolute Gasteiger partial charge is 0.324 e. The summed E-state index contributed by atoms with van der Waals surface area (Å²) in [7, 11) is 0. The molecule has 3 amide bonds. The first-order valence-corrected chi connectivity index (χ1v) is 4.19. The molecule has 0 aromatic heterocycles. The molecule has 1 heterocycles. The van der Waals surface area contributed by atoms with Gasteiger partial charge in [-0.15, -0.1) is 0 Å². The summed E-state index contributed by atoms with van der Waals surface area (Å²) in [5.74, 6) is 0.00764. The second-order valence-corrected chi connectivity index (χ2v) is 3.27. The highest BCUT2D eigenvalue weighted by Gasteiger charge is 2.38. The Morgan fingerprint density at radius 3 is 2.31 bits per heavy atom. The number of urea groups is 1. The summed E-state index contributed by atoms with van der Waals surface area (Å²) in [6, 6.07) is -0.538. The average molecular weight is 186 g/mol. The van der Waals surface area contributed by atoms with E-state index in [1.807, 2.05) is 20.8 Å². The summed E-state index contributed by atoms with van der Waals surface area (Å²) in [6.07, 6.45) is 0. The Balaban J connectivity index is 0.00000144. The van der Waals surface area contributed by atoms with Crippen LogP contribution in [0.5, 0.6) is 0 Å². The minimum atomic E-state index is -0.275. The summed E-state index contributed by atoms with van der Waals surface area (Å²) < 4.78 is 0. The number of carbonyl (C=O) groups excluding carboxylic acids is 2. The van der Waals surface area contributed by atoms with Crippen molar-refractivity contribution < 1.29 is 9.59 Å². The third kappa shape index (κ3) is 1.99. The molecule has 0 bridgehead atoms. The molecule has 0 spiro atoms. The maximum Gasteiger partial charge on any atom is 0.324 e. The van der Waals surface area contributed by atoms with Crippen molar-refractivity contribution in [2.45, 2.75) is 34.2 Å². The van der Waals surface area contributed by atoms with Gasteiger partial charge in [0.1, 0.15) is 6.04 Å². The van der Waals surface area contributed by atoms with E-state index in [-0.39, 0.29) is 31.3 Å². The number of imide groups is 1. The molecule has 0 saturated carbocycles. The zero-order chi connectivity index (χ0) is 9.30. The maximum atomic E-state index is 11.2. The molecule has 1 unspecified atom stereocenters. The molecule has 4 nitrogen and oxygen atoms in total. The van der Waals surface area contributed by atoms with Gasteiger partial charge in [-0.05, 0) is 12.8 Å². The van der Waals surface area contributed by atoms with Gasteiger partial charge < -0.3 is 4.90 Å². The first kappa shape index (κ1) is 11.9. The lowest BCUT2D eigenvalue weighted by atomic mass is 10.0. The van der Waals surface area contributed by atoms with Crippen LogP contribution in [0.2, 0.25) is 0 Å². The van der Waals surface area contributed by atoms with E-state index in [0.29, 0.717) is 6.54 Å². The molecule has 0 aromatic carbocycles. The zero-order valence-electron chi connectivity index (χ0n) is 7.63. The molecule has 0 radical (unpaired) electrons. The van der Waals surface area contributed by atoms with Crippen LogP contribution < -0.4 is 5.32 Å². The van der Waals surface area contributed by atoms with Crippen LogP contribution in [-0.4, -0.2) is 29.4 Å². The van der Waals surface area contributed by atoms with Crippen molar-refractivity contribution in [1.29, 1.82) is 0 Å². The molecule has 1 atom stereocenters. The first-order valence-electron chi connectivity index (χ1n) is 4.19. The van der Waals surface area contributed by atoms with Gasteiger partial charge in [0.25, 0.3) is 5.91 Å². The Bertz CT molecular complexity index is 214. The van der Waals surface area contributed by atoms with Gasteiger partial charge in [-0.25, -0.2) is 4.79 Å². The van der Waals surface area contributed by atoms with Crippen LogP contribution >= 0.6 is 0 Å². The number of hydrogen-bond donors (Lipinski definition) is 1. The van der Waals surface area contributed by atoms with Crippen molar-refractivity contribution in [3.05, 3.63) is 0 Å². The van der Waals surface area contributed by atoms with E-state index < -0.39 is 0 Å². The van der Waals surface area contributed by atoms with Crippen molar-refractivity contribution >= 4 is 11.9 Å². The van der Waals surface area contributed by atoms with E-state index in [1.54, 1.807) is 4.90 Å². The molecule has 76 valence electrons. The van der Waals surface area contributed by atoms with E-state index >= 15 is 0 Å². The molecule has 1 aliphatic rings. The van der Waals surface area contributed by atoms with Gasteiger partial charge in [0.05, 0.1) is 0 Å². The number of rotatable bonds is 2.